The molecule has 0 saturated heterocycles. The lowest BCUT2D eigenvalue weighted by Crippen LogP contribution is -2.26. The summed E-state index contributed by atoms with van der Waals surface area (Å²) in [5.41, 5.74) is 8.51. The predicted molar refractivity (Wildman–Crippen MR) is 64.0 cm³/mol. The van der Waals surface area contributed by atoms with Crippen LogP contribution in [0.4, 0.5) is 11.4 Å². The van der Waals surface area contributed by atoms with Crippen LogP contribution in [0.3, 0.4) is 0 Å². The van der Waals surface area contributed by atoms with Crippen LogP contribution in [0.25, 0.3) is 0 Å². The van der Waals surface area contributed by atoms with Crippen LogP contribution in [-0.2, 0) is 0 Å². The second kappa shape index (κ2) is 3.70. The van der Waals surface area contributed by atoms with E-state index in [9.17, 15) is 0 Å². The lowest BCUT2D eigenvalue weighted by Gasteiger charge is -2.24. The van der Waals surface area contributed by atoms with Crippen LogP contribution >= 0.6 is 11.6 Å². The van der Waals surface area contributed by atoms with Crippen LogP contribution in [0.1, 0.15) is 26.3 Å². The minimum absolute atomic E-state index is 0.0319. The summed E-state index contributed by atoms with van der Waals surface area (Å²) < 4.78 is 0. The number of nitrogens with two attached hydrogens (primary N) is 1. The average Bonchev–Trinajstić information content (AvgIpc) is 1.97. The summed E-state index contributed by atoms with van der Waals surface area (Å²) in [7, 11) is 0. The average molecular weight is 213 g/mol. The maximum Gasteiger partial charge on any atom is 0.0656 e. The number of rotatable bonds is 1. The van der Waals surface area contributed by atoms with E-state index in [4.69, 9.17) is 17.3 Å². The molecule has 0 unspecified atom stereocenters. The fraction of sp³-hybridized carbons (Fsp3) is 0.455. The van der Waals surface area contributed by atoms with Gasteiger partial charge < -0.3 is 11.1 Å². The number of halogens is 1. The lowest BCUT2D eigenvalue weighted by atomic mass is 10.1. The van der Waals surface area contributed by atoms with Crippen molar-refractivity contribution in [3.8, 4) is 0 Å². The van der Waals surface area contributed by atoms with Crippen LogP contribution < -0.4 is 11.1 Å². The van der Waals surface area contributed by atoms with Crippen molar-refractivity contribution in [2.24, 2.45) is 0 Å². The summed E-state index contributed by atoms with van der Waals surface area (Å²) in [6.07, 6.45) is 0. The number of anilines is 2. The quantitative estimate of drug-likeness (QED) is 0.700. The number of nitrogen functional groups attached to an aromatic ring is 1. The molecular formula is C11H17ClN2. The molecule has 2 nitrogen and oxygen atoms in total. The highest BCUT2D eigenvalue weighted by atomic mass is 35.5. The van der Waals surface area contributed by atoms with Crippen molar-refractivity contribution in [1.29, 1.82) is 0 Å². The van der Waals surface area contributed by atoms with Crippen molar-refractivity contribution < 1.29 is 0 Å². The molecule has 0 heterocycles. The zero-order valence-corrected chi connectivity index (χ0v) is 9.87. The zero-order valence-electron chi connectivity index (χ0n) is 9.11. The molecule has 3 N–H and O–H groups in total. The van der Waals surface area contributed by atoms with Crippen molar-refractivity contribution >= 4 is 23.0 Å². The van der Waals surface area contributed by atoms with E-state index < -0.39 is 0 Å². The first-order chi connectivity index (χ1) is 6.29. The molecule has 1 aromatic carbocycles. The van der Waals surface area contributed by atoms with Gasteiger partial charge in [-0.3, -0.25) is 0 Å². The monoisotopic (exact) mass is 212 g/mol. The molecule has 3 heteroatoms. The third-order valence-electron chi connectivity index (χ3n) is 1.85. The molecule has 0 aliphatic heterocycles. The van der Waals surface area contributed by atoms with Gasteiger partial charge in [-0.1, -0.05) is 11.6 Å². The molecule has 1 rings (SSSR count). The number of benzene rings is 1. The Bertz CT molecular complexity index is 340. The molecule has 0 radical (unpaired) electrons. The Morgan fingerprint density at radius 1 is 1.29 bits per heavy atom. The third-order valence-corrected chi connectivity index (χ3v) is 2.18. The first-order valence-corrected chi connectivity index (χ1v) is 5.01. The predicted octanol–water partition coefficient (Wildman–Crippen LogP) is 3.44. The Balaban J connectivity index is 3.04. The van der Waals surface area contributed by atoms with Crippen LogP contribution in [-0.4, -0.2) is 5.54 Å². The highest BCUT2D eigenvalue weighted by Gasteiger charge is 2.11. The van der Waals surface area contributed by atoms with Gasteiger partial charge in [0.25, 0.3) is 0 Å². The first kappa shape index (κ1) is 11.2. The Kier molecular flexibility index (Phi) is 2.95. The minimum atomic E-state index is 0.0319. The van der Waals surface area contributed by atoms with E-state index >= 15 is 0 Å². The fourth-order valence-corrected chi connectivity index (χ4v) is 1.41. The Hall–Kier alpha value is -0.890. The molecule has 0 aliphatic rings. The van der Waals surface area contributed by atoms with Gasteiger partial charge in [0.05, 0.1) is 10.7 Å². The van der Waals surface area contributed by atoms with E-state index in [2.05, 4.69) is 26.1 Å². The highest BCUT2D eigenvalue weighted by Crippen LogP contribution is 2.28. The molecule has 0 amide bonds. The maximum absolute atomic E-state index is 5.95. The van der Waals surface area contributed by atoms with Gasteiger partial charge in [0, 0.05) is 11.2 Å². The van der Waals surface area contributed by atoms with E-state index in [0.717, 1.165) is 11.3 Å². The van der Waals surface area contributed by atoms with E-state index in [0.29, 0.717) is 10.7 Å². The van der Waals surface area contributed by atoms with Gasteiger partial charge in [-0.25, -0.2) is 0 Å². The molecule has 0 bridgehead atoms. The molecule has 0 aliphatic carbocycles. The topological polar surface area (TPSA) is 38.0 Å². The Morgan fingerprint density at radius 2 is 1.86 bits per heavy atom. The fourth-order valence-electron chi connectivity index (χ4n) is 1.24. The SMILES string of the molecule is Cc1cc(N)c(Cl)cc1NC(C)(C)C. The maximum atomic E-state index is 5.95. The van der Waals surface area contributed by atoms with Crippen LogP contribution in [0.15, 0.2) is 12.1 Å². The highest BCUT2D eigenvalue weighted by molar-refractivity contribution is 6.33. The standard InChI is InChI=1S/C11H17ClN2/c1-7-5-9(13)8(12)6-10(7)14-11(2,3)4/h5-6,14H,13H2,1-4H3. The molecule has 1 aromatic rings. The molecule has 0 fully saturated rings. The largest absolute Gasteiger partial charge is 0.398 e. The van der Waals surface area contributed by atoms with Gasteiger partial charge in [-0.05, 0) is 45.4 Å². The molecule has 0 saturated carbocycles. The summed E-state index contributed by atoms with van der Waals surface area (Å²) >= 11 is 5.95. The van der Waals surface area contributed by atoms with E-state index in [1.54, 1.807) is 0 Å². The Morgan fingerprint density at radius 3 is 2.36 bits per heavy atom. The van der Waals surface area contributed by atoms with Gasteiger partial charge in [0.15, 0.2) is 0 Å². The van der Waals surface area contributed by atoms with Crippen molar-refractivity contribution in [2.75, 3.05) is 11.1 Å². The smallest absolute Gasteiger partial charge is 0.0656 e. The summed E-state index contributed by atoms with van der Waals surface area (Å²) in [5.74, 6) is 0. The Labute approximate surface area is 90.4 Å². The second-order valence-corrected chi connectivity index (χ2v) is 4.97. The number of hydrogen-bond donors (Lipinski definition) is 2. The van der Waals surface area contributed by atoms with E-state index in [1.165, 1.54) is 0 Å². The molecule has 0 atom stereocenters. The van der Waals surface area contributed by atoms with Gasteiger partial charge in [-0.2, -0.15) is 0 Å². The molecule has 78 valence electrons. The molecular weight excluding hydrogens is 196 g/mol. The molecule has 0 spiro atoms. The van der Waals surface area contributed by atoms with Crippen LogP contribution in [0, 0.1) is 6.92 Å². The van der Waals surface area contributed by atoms with Crippen LogP contribution in [0.2, 0.25) is 5.02 Å². The lowest BCUT2D eigenvalue weighted by molar-refractivity contribution is 0.633. The minimum Gasteiger partial charge on any atom is -0.398 e. The van der Waals surface area contributed by atoms with Crippen molar-refractivity contribution in [2.45, 2.75) is 33.2 Å². The summed E-state index contributed by atoms with van der Waals surface area (Å²) in [6, 6.07) is 3.76. The van der Waals surface area contributed by atoms with E-state index in [1.807, 2.05) is 19.1 Å². The summed E-state index contributed by atoms with van der Waals surface area (Å²) in [5, 5.41) is 3.98. The molecule has 14 heavy (non-hydrogen) atoms. The first-order valence-electron chi connectivity index (χ1n) is 4.63. The van der Waals surface area contributed by atoms with Gasteiger partial charge in [0.1, 0.15) is 0 Å². The number of hydrogen-bond acceptors (Lipinski definition) is 2. The number of aryl methyl sites for hydroxylation is 1. The van der Waals surface area contributed by atoms with Crippen molar-refractivity contribution in [3.63, 3.8) is 0 Å². The van der Waals surface area contributed by atoms with Gasteiger partial charge >= 0.3 is 0 Å². The van der Waals surface area contributed by atoms with E-state index in [-0.39, 0.29) is 5.54 Å². The summed E-state index contributed by atoms with van der Waals surface area (Å²) in [6.45, 7) is 8.34. The second-order valence-electron chi connectivity index (χ2n) is 4.56. The summed E-state index contributed by atoms with van der Waals surface area (Å²) in [4.78, 5) is 0. The van der Waals surface area contributed by atoms with Gasteiger partial charge in [0.2, 0.25) is 0 Å². The number of nitrogens with one attached hydrogen (secondary N) is 1. The third kappa shape index (κ3) is 2.81. The van der Waals surface area contributed by atoms with Crippen molar-refractivity contribution in [3.05, 3.63) is 22.7 Å². The molecule has 0 aromatic heterocycles. The normalized spacial score (nSPS) is 11.5. The zero-order chi connectivity index (χ0) is 10.9. The van der Waals surface area contributed by atoms with Crippen molar-refractivity contribution in [1.82, 2.24) is 0 Å². The van der Waals surface area contributed by atoms with Crippen LogP contribution in [0.5, 0.6) is 0 Å². The van der Waals surface area contributed by atoms with Gasteiger partial charge in [-0.15, -0.1) is 0 Å².